The van der Waals surface area contributed by atoms with Gasteiger partial charge in [0.05, 0.1) is 0 Å². The summed E-state index contributed by atoms with van der Waals surface area (Å²) in [5.41, 5.74) is 5.03. The van der Waals surface area contributed by atoms with Crippen LogP contribution in [0.2, 0.25) is 0 Å². The fraction of sp³-hybridized carbons (Fsp3) is 0.350. The number of rotatable bonds is 2. The highest BCUT2D eigenvalue weighted by molar-refractivity contribution is 5.89. The highest BCUT2D eigenvalue weighted by atomic mass is 16.2. The van der Waals surface area contributed by atoms with Crippen LogP contribution in [0.5, 0.6) is 0 Å². The molecule has 1 fully saturated rings. The summed E-state index contributed by atoms with van der Waals surface area (Å²) in [7, 11) is 2.00. The molecule has 2 aromatic heterocycles. The van der Waals surface area contributed by atoms with Gasteiger partial charge < -0.3 is 14.8 Å². The second kappa shape index (κ2) is 6.44. The molecule has 0 aliphatic carbocycles. The van der Waals surface area contributed by atoms with Crippen LogP contribution in [0, 0.1) is 13.8 Å². The number of hydrogen-bond donors (Lipinski definition) is 1. The van der Waals surface area contributed by atoms with Crippen molar-refractivity contribution in [3.05, 3.63) is 53.5 Å². The summed E-state index contributed by atoms with van der Waals surface area (Å²) < 4.78 is 2.05. The first-order chi connectivity index (χ1) is 12.5. The van der Waals surface area contributed by atoms with E-state index in [2.05, 4.69) is 24.1 Å². The smallest absolute Gasteiger partial charge is 0.321 e. The van der Waals surface area contributed by atoms with Crippen molar-refractivity contribution in [1.29, 1.82) is 0 Å². The van der Waals surface area contributed by atoms with Crippen LogP contribution in [0.25, 0.3) is 11.2 Å². The number of carbonyl (C=O) groups is 1. The molecule has 3 heterocycles. The van der Waals surface area contributed by atoms with Crippen LogP contribution in [-0.2, 0) is 7.05 Å². The van der Waals surface area contributed by atoms with Crippen molar-refractivity contribution in [2.24, 2.45) is 7.05 Å². The topological polar surface area (TPSA) is 63.1 Å². The van der Waals surface area contributed by atoms with Gasteiger partial charge in [0.2, 0.25) is 0 Å². The molecule has 6 nitrogen and oxygen atoms in total. The zero-order chi connectivity index (χ0) is 18.3. The standard InChI is InChI=1S/C20H23N5O/c1-13-6-7-16(11-14(13)2)22-20(26)25-10-8-15(12-25)18-23-17-5-4-9-21-19(17)24(18)3/h4-7,9,11,15H,8,10,12H2,1-3H3,(H,22,26). The number of imidazole rings is 1. The number of pyridine rings is 1. The maximum atomic E-state index is 12.6. The fourth-order valence-electron chi connectivity index (χ4n) is 3.58. The number of fused-ring (bicyclic) bond motifs is 1. The molecule has 1 atom stereocenters. The predicted octanol–water partition coefficient (Wildman–Crippen LogP) is 3.61. The number of nitrogens with one attached hydrogen (secondary N) is 1. The van der Waals surface area contributed by atoms with Gasteiger partial charge in [-0.15, -0.1) is 0 Å². The molecule has 1 aliphatic heterocycles. The van der Waals surface area contributed by atoms with E-state index in [1.807, 2.05) is 46.8 Å². The van der Waals surface area contributed by atoms with E-state index in [-0.39, 0.29) is 11.9 Å². The van der Waals surface area contributed by atoms with Gasteiger partial charge in [0, 0.05) is 37.9 Å². The molecular formula is C20H23N5O. The highest BCUT2D eigenvalue weighted by Crippen LogP contribution is 2.28. The molecule has 1 unspecified atom stereocenters. The van der Waals surface area contributed by atoms with Crippen molar-refractivity contribution in [1.82, 2.24) is 19.4 Å². The Balaban J connectivity index is 1.48. The monoisotopic (exact) mass is 349 g/mol. The van der Waals surface area contributed by atoms with Crippen LogP contribution in [0.1, 0.15) is 29.3 Å². The third-order valence-electron chi connectivity index (χ3n) is 5.26. The number of urea groups is 1. The molecule has 1 saturated heterocycles. The molecule has 1 aromatic carbocycles. The molecule has 2 amide bonds. The van der Waals surface area contributed by atoms with E-state index in [1.165, 1.54) is 11.1 Å². The molecule has 0 saturated carbocycles. The van der Waals surface area contributed by atoms with Gasteiger partial charge in [-0.05, 0) is 55.7 Å². The second-order valence-corrected chi connectivity index (χ2v) is 7.04. The number of likely N-dealkylation sites (tertiary alicyclic amines) is 1. The molecule has 1 N–H and O–H groups in total. The molecule has 26 heavy (non-hydrogen) atoms. The second-order valence-electron chi connectivity index (χ2n) is 7.04. The van der Waals surface area contributed by atoms with Gasteiger partial charge in [0.15, 0.2) is 5.65 Å². The van der Waals surface area contributed by atoms with Gasteiger partial charge in [-0.1, -0.05) is 6.07 Å². The Kier molecular flexibility index (Phi) is 4.11. The summed E-state index contributed by atoms with van der Waals surface area (Å²) in [6.45, 7) is 5.53. The lowest BCUT2D eigenvalue weighted by Gasteiger charge is -2.18. The largest absolute Gasteiger partial charge is 0.324 e. The molecule has 3 aromatic rings. The zero-order valence-corrected chi connectivity index (χ0v) is 15.4. The summed E-state index contributed by atoms with van der Waals surface area (Å²) in [5, 5.41) is 3.01. The van der Waals surface area contributed by atoms with E-state index in [4.69, 9.17) is 4.98 Å². The van der Waals surface area contributed by atoms with Gasteiger partial charge >= 0.3 is 6.03 Å². The van der Waals surface area contributed by atoms with E-state index < -0.39 is 0 Å². The van der Waals surface area contributed by atoms with E-state index in [9.17, 15) is 4.79 Å². The number of carbonyl (C=O) groups excluding carboxylic acids is 1. The van der Waals surface area contributed by atoms with Crippen molar-refractivity contribution >= 4 is 22.9 Å². The number of amides is 2. The SMILES string of the molecule is Cc1ccc(NC(=O)N2CCC(c3nc4cccnc4n3C)C2)cc1C. The third-order valence-corrected chi connectivity index (χ3v) is 5.26. The number of aromatic nitrogens is 3. The lowest BCUT2D eigenvalue weighted by Crippen LogP contribution is -2.33. The van der Waals surface area contributed by atoms with E-state index in [0.29, 0.717) is 6.54 Å². The average molecular weight is 349 g/mol. The van der Waals surface area contributed by atoms with E-state index in [0.717, 1.165) is 35.6 Å². The van der Waals surface area contributed by atoms with E-state index in [1.54, 1.807) is 6.20 Å². The van der Waals surface area contributed by atoms with Crippen LogP contribution >= 0.6 is 0 Å². The van der Waals surface area contributed by atoms with Crippen molar-refractivity contribution in [2.45, 2.75) is 26.2 Å². The van der Waals surface area contributed by atoms with E-state index >= 15 is 0 Å². The minimum absolute atomic E-state index is 0.0485. The lowest BCUT2D eigenvalue weighted by molar-refractivity contribution is 0.222. The molecule has 134 valence electrons. The summed E-state index contributed by atoms with van der Waals surface area (Å²) >= 11 is 0. The average Bonchev–Trinajstić information content (AvgIpc) is 3.24. The molecule has 0 radical (unpaired) electrons. The van der Waals surface area contributed by atoms with Gasteiger partial charge in [-0.2, -0.15) is 0 Å². The van der Waals surface area contributed by atoms with Crippen LogP contribution in [-0.4, -0.2) is 38.6 Å². The maximum absolute atomic E-state index is 12.6. The molecule has 0 bridgehead atoms. The number of benzene rings is 1. The molecular weight excluding hydrogens is 326 g/mol. The Bertz CT molecular complexity index is 977. The normalized spacial score (nSPS) is 17.0. The van der Waals surface area contributed by atoms with Crippen molar-refractivity contribution in [2.75, 3.05) is 18.4 Å². The Morgan fingerprint density at radius 2 is 2.08 bits per heavy atom. The fourth-order valence-corrected chi connectivity index (χ4v) is 3.58. The third kappa shape index (κ3) is 2.92. The van der Waals surface area contributed by atoms with Crippen LogP contribution in [0.15, 0.2) is 36.5 Å². The van der Waals surface area contributed by atoms with Crippen LogP contribution in [0.3, 0.4) is 0 Å². The van der Waals surface area contributed by atoms with Gasteiger partial charge in [-0.3, -0.25) is 0 Å². The predicted molar refractivity (Wildman–Crippen MR) is 102 cm³/mol. The molecule has 1 aliphatic rings. The van der Waals surface area contributed by atoms with Crippen LogP contribution in [0.4, 0.5) is 10.5 Å². The number of aryl methyl sites for hydroxylation is 3. The summed E-state index contributed by atoms with van der Waals surface area (Å²) in [4.78, 5) is 23.6. The Morgan fingerprint density at radius 1 is 1.23 bits per heavy atom. The maximum Gasteiger partial charge on any atom is 0.321 e. The summed E-state index contributed by atoms with van der Waals surface area (Å²) in [6.07, 6.45) is 2.70. The van der Waals surface area contributed by atoms with Crippen molar-refractivity contribution in [3.8, 4) is 0 Å². The number of anilines is 1. The van der Waals surface area contributed by atoms with Gasteiger partial charge in [0.25, 0.3) is 0 Å². The summed E-state index contributed by atoms with van der Waals surface area (Å²) in [5.74, 6) is 1.24. The molecule has 6 heteroatoms. The van der Waals surface area contributed by atoms with Gasteiger partial charge in [-0.25, -0.2) is 14.8 Å². The lowest BCUT2D eigenvalue weighted by atomic mass is 10.1. The Labute approximate surface area is 152 Å². The van der Waals surface area contributed by atoms with Crippen LogP contribution < -0.4 is 5.32 Å². The summed E-state index contributed by atoms with van der Waals surface area (Å²) in [6, 6.07) is 9.82. The zero-order valence-electron chi connectivity index (χ0n) is 15.4. The first-order valence-electron chi connectivity index (χ1n) is 8.93. The number of nitrogens with zero attached hydrogens (tertiary/aromatic N) is 4. The quantitative estimate of drug-likeness (QED) is 0.769. The highest BCUT2D eigenvalue weighted by Gasteiger charge is 2.30. The molecule has 4 rings (SSSR count). The van der Waals surface area contributed by atoms with Gasteiger partial charge in [0.1, 0.15) is 11.3 Å². The molecule has 0 spiro atoms. The minimum Gasteiger partial charge on any atom is -0.324 e. The first kappa shape index (κ1) is 16.6. The van der Waals surface area contributed by atoms with Crippen molar-refractivity contribution < 1.29 is 4.79 Å². The first-order valence-corrected chi connectivity index (χ1v) is 8.93. The Hall–Kier alpha value is -2.89. The number of hydrogen-bond acceptors (Lipinski definition) is 3. The van der Waals surface area contributed by atoms with Crippen molar-refractivity contribution in [3.63, 3.8) is 0 Å². The Morgan fingerprint density at radius 3 is 2.85 bits per heavy atom. The minimum atomic E-state index is -0.0485.